The second-order valence-corrected chi connectivity index (χ2v) is 15.2. The van der Waals surface area contributed by atoms with Gasteiger partial charge in [0.2, 0.25) is 23.6 Å². The lowest BCUT2D eigenvalue weighted by Crippen LogP contribution is -2.32. The Morgan fingerprint density at radius 1 is 0.537 bits per heavy atom. The minimum atomic E-state index is -0.253. The standard InChI is InChI=1S/C44H52N6O4/c1-47(2)27-35-11-7-5-9-33(35)25-41(51)49-23-21-37(29-49)43(53)45-39-17-13-31(14-18-39)32-15-19-40(20-16-32)46-44(54)38-22-24-50(30-38)42(52)26-34-10-6-8-12-36(34)28-48(3)4/h5-20,37-38H,21-30H2,1-4H3,(H,45,53)(H,46,54)/t37-,38+. The number of nitrogens with one attached hydrogen (secondary N) is 2. The van der Waals surface area contributed by atoms with E-state index in [4.69, 9.17) is 0 Å². The summed E-state index contributed by atoms with van der Waals surface area (Å²) in [6, 6.07) is 31.5. The Labute approximate surface area is 319 Å². The molecule has 2 aliphatic heterocycles. The Morgan fingerprint density at radius 2 is 0.889 bits per heavy atom. The molecule has 0 radical (unpaired) electrons. The highest BCUT2D eigenvalue weighted by Crippen LogP contribution is 2.26. The van der Waals surface area contributed by atoms with Gasteiger partial charge in [-0.1, -0.05) is 72.8 Å². The first-order chi connectivity index (χ1) is 26.0. The van der Waals surface area contributed by atoms with Crippen molar-refractivity contribution in [1.82, 2.24) is 19.6 Å². The van der Waals surface area contributed by atoms with Gasteiger partial charge < -0.3 is 30.2 Å². The van der Waals surface area contributed by atoms with Crippen molar-refractivity contribution in [2.75, 3.05) is 65.0 Å². The monoisotopic (exact) mass is 728 g/mol. The van der Waals surface area contributed by atoms with E-state index < -0.39 is 0 Å². The number of carbonyl (C=O) groups excluding carboxylic acids is 4. The van der Waals surface area contributed by atoms with Crippen molar-refractivity contribution >= 4 is 35.0 Å². The molecule has 4 aromatic carbocycles. The number of anilines is 2. The van der Waals surface area contributed by atoms with E-state index in [1.807, 2.05) is 123 Å². The van der Waals surface area contributed by atoms with Crippen LogP contribution >= 0.6 is 0 Å². The molecular weight excluding hydrogens is 677 g/mol. The molecule has 2 N–H and O–H groups in total. The lowest BCUT2D eigenvalue weighted by Gasteiger charge is -2.19. The maximum absolute atomic E-state index is 13.2. The summed E-state index contributed by atoms with van der Waals surface area (Å²) in [7, 11) is 8.06. The summed E-state index contributed by atoms with van der Waals surface area (Å²) in [5.74, 6) is -0.556. The van der Waals surface area contributed by atoms with Crippen molar-refractivity contribution in [1.29, 1.82) is 0 Å². The Hall–Kier alpha value is -5.32. The fourth-order valence-electron chi connectivity index (χ4n) is 7.38. The van der Waals surface area contributed by atoms with E-state index in [9.17, 15) is 19.2 Å². The third-order valence-electron chi connectivity index (χ3n) is 10.4. The first kappa shape index (κ1) is 38.4. The molecule has 0 aromatic heterocycles. The molecule has 6 rings (SSSR count). The largest absolute Gasteiger partial charge is 0.342 e. The predicted octanol–water partition coefficient (Wildman–Crippen LogP) is 5.54. The molecule has 0 saturated carbocycles. The Bertz CT molecular complexity index is 1800. The van der Waals surface area contributed by atoms with E-state index in [1.54, 1.807) is 0 Å². The van der Waals surface area contributed by atoms with Gasteiger partial charge in [0.15, 0.2) is 0 Å². The van der Waals surface area contributed by atoms with Gasteiger partial charge in [-0.15, -0.1) is 0 Å². The van der Waals surface area contributed by atoms with Crippen molar-refractivity contribution in [2.24, 2.45) is 11.8 Å². The third-order valence-corrected chi connectivity index (χ3v) is 10.4. The topological polar surface area (TPSA) is 105 Å². The highest BCUT2D eigenvalue weighted by atomic mass is 16.2. The van der Waals surface area contributed by atoms with Gasteiger partial charge in [0.25, 0.3) is 0 Å². The number of nitrogens with zero attached hydrogens (tertiary/aromatic N) is 4. The zero-order valence-corrected chi connectivity index (χ0v) is 31.9. The maximum atomic E-state index is 13.2. The van der Waals surface area contributed by atoms with Crippen LogP contribution in [0.5, 0.6) is 0 Å². The lowest BCUT2D eigenvalue weighted by atomic mass is 10.0. The fraction of sp³-hybridized carbons (Fsp3) is 0.364. The number of hydrogen-bond donors (Lipinski definition) is 2. The Morgan fingerprint density at radius 3 is 1.24 bits per heavy atom. The average molecular weight is 729 g/mol. The summed E-state index contributed by atoms with van der Waals surface area (Å²) in [6.07, 6.45) is 1.95. The van der Waals surface area contributed by atoms with Gasteiger partial charge in [0.1, 0.15) is 0 Å². The molecule has 2 atom stereocenters. The second-order valence-electron chi connectivity index (χ2n) is 15.2. The zero-order chi connectivity index (χ0) is 38.2. The summed E-state index contributed by atoms with van der Waals surface area (Å²) in [5, 5.41) is 6.07. The molecule has 0 bridgehead atoms. The van der Waals surface area contributed by atoms with Gasteiger partial charge in [-0.25, -0.2) is 0 Å². The Balaban J connectivity index is 0.955. The van der Waals surface area contributed by atoms with Crippen LogP contribution in [0.2, 0.25) is 0 Å². The third kappa shape index (κ3) is 10.0. The number of benzene rings is 4. The van der Waals surface area contributed by atoms with Crippen LogP contribution in [0.3, 0.4) is 0 Å². The molecule has 10 heteroatoms. The average Bonchev–Trinajstić information content (AvgIpc) is 3.86. The highest BCUT2D eigenvalue weighted by molar-refractivity contribution is 5.95. The van der Waals surface area contributed by atoms with E-state index in [2.05, 4.69) is 32.6 Å². The second kappa shape index (κ2) is 17.7. The van der Waals surface area contributed by atoms with Crippen LogP contribution in [0.1, 0.15) is 35.1 Å². The summed E-state index contributed by atoms with van der Waals surface area (Å²) in [5.41, 5.74) is 7.72. The molecule has 4 aromatic rings. The first-order valence-electron chi connectivity index (χ1n) is 18.8. The Kier molecular flexibility index (Phi) is 12.6. The van der Waals surface area contributed by atoms with Crippen LogP contribution in [0, 0.1) is 11.8 Å². The molecule has 0 spiro atoms. The van der Waals surface area contributed by atoms with Crippen LogP contribution in [-0.2, 0) is 45.1 Å². The number of likely N-dealkylation sites (tertiary alicyclic amines) is 2. The molecular formula is C44H52N6O4. The molecule has 10 nitrogen and oxygen atoms in total. The number of hydrogen-bond acceptors (Lipinski definition) is 6. The van der Waals surface area contributed by atoms with Gasteiger partial charge >= 0.3 is 0 Å². The van der Waals surface area contributed by atoms with Gasteiger partial charge in [-0.3, -0.25) is 19.2 Å². The minimum absolute atomic E-state index is 0.0528. The van der Waals surface area contributed by atoms with Gasteiger partial charge in [0.05, 0.1) is 24.7 Å². The zero-order valence-electron chi connectivity index (χ0n) is 31.9. The molecule has 2 saturated heterocycles. The minimum Gasteiger partial charge on any atom is -0.342 e. The van der Waals surface area contributed by atoms with Crippen molar-refractivity contribution in [3.63, 3.8) is 0 Å². The van der Waals surface area contributed by atoms with Gasteiger partial charge in [0, 0.05) is 50.6 Å². The van der Waals surface area contributed by atoms with Crippen molar-refractivity contribution in [3.8, 4) is 11.1 Å². The molecule has 4 amide bonds. The first-order valence-corrected chi connectivity index (χ1v) is 18.8. The number of carbonyl (C=O) groups is 4. The summed E-state index contributed by atoms with van der Waals surface area (Å²) >= 11 is 0. The summed E-state index contributed by atoms with van der Waals surface area (Å²) < 4.78 is 0. The maximum Gasteiger partial charge on any atom is 0.229 e. The SMILES string of the molecule is CN(C)Cc1ccccc1CC(=O)N1CC[C@@H](C(=O)Nc2ccc(-c3ccc(NC(=O)[C@H]4CCN(C(=O)Cc5ccccc5CN(C)C)C4)cc3)cc2)C1. The van der Waals surface area contributed by atoms with Crippen LogP contribution < -0.4 is 10.6 Å². The molecule has 2 aliphatic rings. The predicted molar refractivity (Wildman–Crippen MR) is 214 cm³/mol. The van der Waals surface area contributed by atoms with Gasteiger partial charge in [-0.2, -0.15) is 0 Å². The van der Waals surface area contributed by atoms with Gasteiger partial charge in [-0.05, 0) is 98.7 Å². The normalized spacial score (nSPS) is 16.9. The van der Waals surface area contributed by atoms with E-state index in [1.165, 1.54) is 0 Å². The van der Waals surface area contributed by atoms with Crippen LogP contribution in [0.15, 0.2) is 97.1 Å². The van der Waals surface area contributed by atoms with Crippen molar-refractivity contribution in [3.05, 3.63) is 119 Å². The van der Waals surface area contributed by atoms with E-state index in [0.29, 0.717) is 63.2 Å². The van der Waals surface area contributed by atoms with Crippen LogP contribution in [-0.4, -0.2) is 97.6 Å². The van der Waals surface area contributed by atoms with Crippen LogP contribution in [0.25, 0.3) is 11.1 Å². The summed E-state index contributed by atoms with van der Waals surface area (Å²) in [4.78, 5) is 60.4. The van der Waals surface area contributed by atoms with E-state index >= 15 is 0 Å². The van der Waals surface area contributed by atoms with E-state index in [0.717, 1.165) is 46.5 Å². The smallest absolute Gasteiger partial charge is 0.229 e. The van der Waals surface area contributed by atoms with Crippen LogP contribution in [0.4, 0.5) is 11.4 Å². The number of rotatable bonds is 13. The summed E-state index contributed by atoms with van der Waals surface area (Å²) in [6.45, 7) is 3.55. The number of amides is 4. The highest BCUT2D eigenvalue weighted by Gasteiger charge is 2.32. The fourth-order valence-corrected chi connectivity index (χ4v) is 7.38. The molecule has 0 unspecified atom stereocenters. The van der Waals surface area contributed by atoms with E-state index in [-0.39, 0.29) is 35.5 Å². The molecule has 2 fully saturated rings. The van der Waals surface area contributed by atoms with Crippen molar-refractivity contribution < 1.29 is 19.2 Å². The van der Waals surface area contributed by atoms with Crippen molar-refractivity contribution in [2.45, 2.75) is 38.8 Å². The lowest BCUT2D eigenvalue weighted by molar-refractivity contribution is -0.130. The molecule has 2 heterocycles. The molecule has 54 heavy (non-hydrogen) atoms. The quantitative estimate of drug-likeness (QED) is 0.188. The molecule has 282 valence electrons. The molecule has 0 aliphatic carbocycles.